The van der Waals surface area contributed by atoms with Crippen molar-refractivity contribution < 1.29 is 31.8 Å². The van der Waals surface area contributed by atoms with Crippen LogP contribution in [0.1, 0.15) is 53.9 Å². The van der Waals surface area contributed by atoms with Gasteiger partial charge in [0, 0.05) is 75.5 Å². The van der Waals surface area contributed by atoms with Crippen molar-refractivity contribution in [3.8, 4) is 17.5 Å². The minimum absolute atomic E-state index is 0.0185. The molecule has 0 bridgehead atoms. The number of fused-ring (bicyclic) bond motifs is 1. The minimum Gasteiger partial charge on any atom is -0.490 e. The number of amides is 1. The predicted molar refractivity (Wildman–Crippen MR) is 178 cm³/mol. The van der Waals surface area contributed by atoms with E-state index in [4.69, 9.17) is 21.1 Å². The van der Waals surface area contributed by atoms with Crippen molar-refractivity contribution in [2.24, 2.45) is 0 Å². The fraction of sp³-hybridized carbons (Fsp3) is 0.400. The molecule has 50 heavy (non-hydrogen) atoms. The van der Waals surface area contributed by atoms with Gasteiger partial charge in [0.15, 0.2) is 11.0 Å². The number of hydrogen-bond acceptors (Lipinski definition) is 9. The van der Waals surface area contributed by atoms with Crippen molar-refractivity contribution in [3.63, 3.8) is 0 Å². The van der Waals surface area contributed by atoms with Gasteiger partial charge in [-0.2, -0.15) is 18.2 Å². The molecule has 1 amide bonds. The van der Waals surface area contributed by atoms with Gasteiger partial charge in [-0.15, -0.1) is 5.10 Å². The van der Waals surface area contributed by atoms with Crippen LogP contribution < -0.4 is 14.4 Å². The van der Waals surface area contributed by atoms with Crippen LogP contribution in [-0.4, -0.2) is 80.4 Å². The Kier molecular flexibility index (Phi) is 10.7. The van der Waals surface area contributed by atoms with Crippen molar-refractivity contribution in [1.82, 2.24) is 30.0 Å². The number of hydrogen-bond donors (Lipinski definition) is 0. The first kappa shape index (κ1) is 35.3. The van der Waals surface area contributed by atoms with Crippen LogP contribution in [0.5, 0.6) is 17.5 Å². The van der Waals surface area contributed by atoms with E-state index in [1.54, 1.807) is 6.20 Å². The van der Waals surface area contributed by atoms with Crippen molar-refractivity contribution >= 4 is 23.3 Å². The van der Waals surface area contributed by atoms with Crippen LogP contribution in [-0.2, 0) is 19.5 Å². The molecule has 0 atom stereocenters. The molecular weight excluding hydrogens is 678 g/mol. The van der Waals surface area contributed by atoms with Crippen molar-refractivity contribution in [3.05, 3.63) is 94.1 Å². The third-order valence-electron chi connectivity index (χ3n) is 8.65. The lowest BCUT2D eigenvalue weighted by Gasteiger charge is -2.34. The Morgan fingerprint density at radius 2 is 1.80 bits per heavy atom. The summed E-state index contributed by atoms with van der Waals surface area (Å²) in [7, 11) is 0. The number of benzene rings is 2. The van der Waals surface area contributed by atoms with Crippen LogP contribution in [0.2, 0.25) is 5.15 Å². The fourth-order valence-electron chi connectivity index (χ4n) is 6.15. The van der Waals surface area contributed by atoms with Gasteiger partial charge in [0.2, 0.25) is 0 Å². The highest BCUT2D eigenvalue weighted by atomic mass is 35.5. The van der Waals surface area contributed by atoms with Crippen LogP contribution in [0, 0.1) is 5.82 Å². The minimum atomic E-state index is -4.66. The molecule has 4 heterocycles. The molecule has 0 spiro atoms. The molecule has 264 valence electrons. The van der Waals surface area contributed by atoms with E-state index in [9.17, 15) is 22.4 Å². The first-order valence-corrected chi connectivity index (χ1v) is 16.7. The summed E-state index contributed by atoms with van der Waals surface area (Å²) in [6.07, 6.45) is -0.782. The second-order valence-corrected chi connectivity index (χ2v) is 12.9. The number of anilines is 1. The highest BCUT2D eigenvalue weighted by molar-refractivity contribution is 6.31. The van der Waals surface area contributed by atoms with E-state index in [1.165, 1.54) is 19.4 Å². The smallest absolute Gasteiger partial charge is 0.406 e. The van der Waals surface area contributed by atoms with Crippen LogP contribution >= 0.6 is 11.6 Å². The van der Waals surface area contributed by atoms with Gasteiger partial charge in [0.25, 0.3) is 5.91 Å². The number of ether oxygens (including phenoxy) is 2. The predicted octanol–water partition coefficient (Wildman–Crippen LogP) is 6.87. The maximum atomic E-state index is 14.2. The van der Waals surface area contributed by atoms with Crippen LogP contribution in [0.25, 0.3) is 0 Å². The van der Waals surface area contributed by atoms with Crippen molar-refractivity contribution in [2.45, 2.75) is 64.5 Å². The summed E-state index contributed by atoms with van der Waals surface area (Å²) in [5.74, 6) is -0.998. The summed E-state index contributed by atoms with van der Waals surface area (Å²) in [4.78, 5) is 27.1. The van der Waals surface area contributed by atoms with Crippen LogP contribution in [0.4, 0.5) is 23.4 Å². The zero-order valence-corrected chi connectivity index (χ0v) is 28.3. The van der Waals surface area contributed by atoms with Gasteiger partial charge in [0.1, 0.15) is 30.0 Å². The maximum Gasteiger partial charge on any atom is 0.406 e. The average Bonchev–Trinajstić information content (AvgIpc) is 3.09. The Labute approximate surface area is 292 Å². The molecule has 0 saturated carbocycles. The molecule has 10 nitrogen and oxygen atoms in total. The average molecular weight is 714 g/mol. The van der Waals surface area contributed by atoms with Crippen LogP contribution in [0.15, 0.2) is 60.8 Å². The molecule has 2 aliphatic heterocycles. The topological polar surface area (TPSA) is 96.8 Å². The van der Waals surface area contributed by atoms with Crippen LogP contribution in [0.3, 0.4) is 0 Å². The second kappa shape index (κ2) is 15.1. The van der Waals surface area contributed by atoms with Crippen molar-refractivity contribution in [1.29, 1.82) is 0 Å². The normalized spacial score (nSPS) is 15.6. The van der Waals surface area contributed by atoms with Gasteiger partial charge in [-0.1, -0.05) is 47.0 Å². The van der Waals surface area contributed by atoms with E-state index in [2.05, 4.69) is 37.2 Å². The molecule has 0 N–H and O–H groups in total. The Balaban J connectivity index is 1.12. The van der Waals surface area contributed by atoms with Gasteiger partial charge >= 0.3 is 12.2 Å². The lowest BCUT2D eigenvalue weighted by molar-refractivity contribution is -0.143. The first-order valence-electron chi connectivity index (χ1n) is 16.3. The summed E-state index contributed by atoms with van der Waals surface area (Å²) < 4.78 is 66.3. The molecule has 2 aromatic heterocycles. The number of rotatable bonds is 10. The molecule has 6 rings (SSSR count). The van der Waals surface area contributed by atoms with Gasteiger partial charge < -0.3 is 19.3 Å². The van der Waals surface area contributed by atoms with E-state index < -0.39 is 36.1 Å². The molecular formula is C35H36ClF4N7O3. The van der Waals surface area contributed by atoms with Gasteiger partial charge in [0.05, 0.1) is 5.56 Å². The summed E-state index contributed by atoms with van der Waals surface area (Å²) in [6.45, 7) is 4.91. The lowest BCUT2D eigenvalue weighted by Crippen LogP contribution is -2.43. The summed E-state index contributed by atoms with van der Waals surface area (Å²) >= 11 is 6.40. The summed E-state index contributed by atoms with van der Waals surface area (Å²) in [5.41, 5.74) is 3.00. The standard InChI is InChI=1S/C35H36ClF4N7O3/c1-22(2)47(21-35(38,39)40)33(48)26-18-24(37)8-9-29(26)50-34-42-32(31(36)43-44-34)46-16-11-25(12-17-46)49-30-10-14-41-28-13-15-45(20-27(28)30)19-23-6-4-3-5-7-23/h3-10,14,18,22,25H,11-13,15-17,19-21H2,1-2H3. The quantitative estimate of drug-likeness (QED) is 0.163. The van der Waals surface area contributed by atoms with E-state index in [1.807, 2.05) is 29.2 Å². The fourth-order valence-corrected chi connectivity index (χ4v) is 6.35. The molecule has 1 fully saturated rings. The SMILES string of the molecule is CC(C)N(CC(F)(F)F)C(=O)c1cc(F)ccc1Oc1nnc(Cl)c(N2CCC(Oc3ccnc4c3CN(Cc3ccccc3)CC4)CC2)n1. The van der Waals surface area contributed by atoms with E-state index in [-0.39, 0.29) is 28.8 Å². The molecule has 0 radical (unpaired) electrons. The largest absolute Gasteiger partial charge is 0.490 e. The third-order valence-corrected chi connectivity index (χ3v) is 8.89. The Morgan fingerprint density at radius 3 is 2.52 bits per heavy atom. The summed E-state index contributed by atoms with van der Waals surface area (Å²) in [6, 6.07) is 14.1. The van der Waals surface area contributed by atoms with Gasteiger partial charge in [-0.05, 0) is 43.7 Å². The number of nitrogens with zero attached hydrogens (tertiary/aromatic N) is 7. The molecule has 2 aliphatic rings. The highest BCUT2D eigenvalue weighted by Gasteiger charge is 2.36. The molecule has 4 aromatic rings. The van der Waals surface area contributed by atoms with E-state index >= 15 is 0 Å². The van der Waals surface area contributed by atoms with Gasteiger partial charge in [-0.3, -0.25) is 14.7 Å². The Hall–Kier alpha value is -4.56. The number of carbonyl (C=O) groups excluding carboxylic acids is 1. The lowest BCUT2D eigenvalue weighted by atomic mass is 10.0. The molecule has 0 unspecified atom stereocenters. The number of piperidine rings is 1. The monoisotopic (exact) mass is 713 g/mol. The number of alkyl halides is 3. The van der Waals surface area contributed by atoms with Gasteiger partial charge in [-0.25, -0.2) is 4.39 Å². The zero-order valence-electron chi connectivity index (χ0n) is 27.5. The number of pyridine rings is 1. The highest BCUT2D eigenvalue weighted by Crippen LogP contribution is 2.33. The maximum absolute atomic E-state index is 14.2. The van der Waals surface area contributed by atoms with Crippen molar-refractivity contribution in [2.75, 3.05) is 31.1 Å². The van der Waals surface area contributed by atoms with E-state index in [0.29, 0.717) is 30.8 Å². The second-order valence-electron chi connectivity index (χ2n) is 12.6. The Bertz CT molecular complexity index is 1810. The molecule has 15 heteroatoms. The molecule has 0 aliphatic carbocycles. The number of halogens is 5. The molecule has 1 saturated heterocycles. The third kappa shape index (κ3) is 8.59. The first-order chi connectivity index (χ1) is 23.9. The summed E-state index contributed by atoms with van der Waals surface area (Å²) in [5, 5.41) is 7.83. The number of carbonyl (C=O) groups is 1. The number of aromatic nitrogens is 4. The van der Waals surface area contributed by atoms with E-state index in [0.717, 1.165) is 61.3 Å². The molecule has 2 aromatic carbocycles. The Morgan fingerprint density at radius 1 is 1.04 bits per heavy atom. The zero-order chi connectivity index (χ0) is 35.4.